The average Bonchev–Trinajstić information content (AvgIpc) is 3.35. The maximum Gasteiger partial charge on any atom is 0.306 e. The number of allylic oxidation sites excluding steroid dienone is 20. The van der Waals surface area contributed by atoms with E-state index in [4.69, 9.17) is 14.2 Å². The van der Waals surface area contributed by atoms with Crippen LogP contribution in [0.2, 0.25) is 0 Å². The van der Waals surface area contributed by atoms with E-state index in [1.54, 1.807) is 0 Å². The van der Waals surface area contributed by atoms with Gasteiger partial charge in [0.1, 0.15) is 13.2 Å². The SMILES string of the molecule is CCCCC/C=C\C/C=C\C/C=C\C/C=C\CCCC(=O)OCC(COC(=O)CCC/C=C\C/C=C\C/C=C\C/C=C\CCCCC)OC(=O)CCCCCCCCC/C=C\C/C=C\CCCCC. The van der Waals surface area contributed by atoms with Gasteiger partial charge in [-0.15, -0.1) is 0 Å². The van der Waals surface area contributed by atoms with Crippen LogP contribution in [-0.4, -0.2) is 37.2 Å². The Morgan fingerprint density at radius 3 is 0.855 bits per heavy atom. The summed E-state index contributed by atoms with van der Waals surface area (Å²) in [6.07, 6.45) is 77.6. The molecule has 0 unspecified atom stereocenters. The maximum atomic E-state index is 12.8. The number of esters is 3. The lowest BCUT2D eigenvalue weighted by Gasteiger charge is -2.18. The Morgan fingerprint density at radius 2 is 0.536 bits per heavy atom. The van der Waals surface area contributed by atoms with Crippen LogP contribution >= 0.6 is 0 Å². The van der Waals surface area contributed by atoms with E-state index in [1.807, 2.05) is 0 Å². The van der Waals surface area contributed by atoms with E-state index in [0.717, 1.165) is 83.5 Å². The van der Waals surface area contributed by atoms with E-state index >= 15 is 0 Å². The van der Waals surface area contributed by atoms with Gasteiger partial charge in [0.25, 0.3) is 0 Å². The Hall–Kier alpha value is -4.19. The lowest BCUT2D eigenvalue weighted by Crippen LogP contribution is -2.30. The Bertz CT molecular complexity index is 1390. The molecule has 0 amide bonds. The van der Waals surface area contributed by atoms with Crippen molar-refractivity contribution in [2.75, 3.05) is 13.2 Å². The van der Waals surface area contributed by atoms with Gasteiger partial charge in [0.2, 0.25) is 0 Å². The normalized spacial score (nSPS) is 12.6. The fourth-order valence-electron chi connectivity index (χ4n) is 7.16. The molecule has 0 aliphatic heterocycles. The molecule has 0 heterocycles. The summed E-state index contributed by atoms with van der Waals surface area (Å²) >= 11 is 0. The Kier molecular flexibility index (Phi) is 53.0. The summed E-state index contributed by atoms with van der Waals surface area (Å²) in [5.74, 6) is -1.05. The summed E-state index contributed by atoms with van der Waals surface area (Å²) in [7, 11) is 0. The van der Waals surface area contributed by atoms with Gasteiger partial charge >= 0.3 is 17.9 Å². The van der Waals surface area contributed by atoms with E-state index in [1.165, 1.54) is 103 Å². The molecule has 0 spiro atoms. The molecule has 0 saturated heterocycles. The molecule has 0 radical (unpaired) electrons. The van der Waals surface area contributed by atoms with Crippen LogP contribution in [0.15, 0.2) is 122 Å². The minimum absolute atomic E-state index is 0.130. The van der Waals surface area contributed by atoms with E-state index in [9.17, 15) is 14.4 Å². The lowest BCUT2D eigenvalue weighted by atomic mass is 10.1. The van der Waals surface area contributed by atoms with Crippen molar-refractivity contribution < 1.29 is 28.6 Å². The van der Waals surface area contributed by atoms with Crippen molar-refractivity contribution in [2.45, 2.75) is 245 Å². The van der Waals surface area contributed by atoms with E-state index in [2.05, 4.69) is 142 Å². The smallest absolute Gasteiger partial charge is 0.306 e. The third kappa shape index (κ3) is 54.6. The molecular weight excluding hydrogens is 853 g/mol. The largest absolute Gasteiger partial charge is 0.462 e. The Balaban J connectivity index is 4.59. The van der Waals surface area contributed by atoms with Gasteiger partial charge in [-0.3, -0.25) is 14.4 Å². The zero-order chi connectivity index (χ0) is 50.0. The van der Waals surface area contributed by atoms with Crippen molar-refractivity contribution in [2.24, 2.45) is 0 Å². The third-order valence-electron chi connectivity index (χ3n) is 11.4. The van der Waals surface area contributed by atoms with Gasteiger partial charge in [-0.25, -0.2) is 0 Å². The van der Waals surface area contributed by atoms with E-state index in [0.29, 0.717) is 19.3 Å². The van der Waals surface area contributed by atoms with Gasteiger partial charge in [0.15, 0.2) is 6.10 Å². The zero-order valence-corrected chi connectivity index (χ0v) is 44.5. The van der Waals surface area contributed by atoms with Crippen LogP contribution < -0.4 is 0 Å². The van der Waals surface area contributed by atoms with Crippen LogP contribution in [0.3, 0.4) is 0 Å². The van der Waals surface area contributed by atoms with E-state index < -0.39 is 6.10 Å². The first kappa shape index (κ1) is 64.8. The highest BCUT2D eigenvalue weighted by molar-refractivity contribution is 5.71. The summed E-state index contributed by atoms with van der Waals surface area (Å²) < 4.78 is 16.7. The molecule has 0 aromatic carbocycles. The van der Waals surface area contributed by atoms with Crippen LogP contribution in [-0.2, 0) is 28.6 Å². The van der Waals surface area contributed by atoms with Gasteiger partial charge in [0, 0.05) is 19.3 Å². The Labute approximate surface area is 424 Å². The number of hydrogen-bond acceptors (Lipinski definition) is 6. The van der Waals surface area contributed by atoms with Crippen molar-refractivity contribution in [3.05, 3.63) is 122 Å². The molecule has 0 saturated carbocycles. The first-order valence-electron chi connectivity index (χ1n) is 28.0. The summed E-state index contributed by atoms with van der Waals surface area (Å²) in [6.45, 7) is 6.45. The van der Waals surface area contributed by atoms with Crippen LogP contribution in [0.1, 0.15) is 239 Å². The molecule has 0 fully saturated rings. The average molecular weight is 956 g/mol. The fourth-order valence-corrected chi connectivity index (χ4v) is 7.16. The molecule has 0 aromatic heterocycles. The molecule has 0 bridgehead atoms. The number of hydrogen-bond donors (Lipinski definition) is 0. The molecule has 69 heavy (non-hydrogen) atoms. The third-order valence-corrected chi connectivity index (χ3v) is 11.4. The van der Waals surface area contributed by atoms with Crippen LogP contribution in [0, 0.1) is 0 Å². The quantitative estimate of drug-likeness (QED) is 0.0262. The molecule has 0 aliphatic carbocycles. The minimum atomic E-state index is -0.830. The van der Waals surface area contributed by atoms with Gasteiger partial charge in [-0.05, 0) is 128 Å². The highest BCUT2D eigenvalue weighted by atomic mass is 16.6. The Morgan fingerprint density at radius 1 is 0.290 bits per heavy atom. The molecule has 390 valence electrons. The first-order chi connectivity index (χ1) is 34.0. The molecule has 6 heteroatoms. The second-order valence-corrected chi connectivity index (χ2v) is 18.1. The van der Waals surface area contributed by atoms with Crippen molar-refractivity contribution in [1.82, 2.24) is 0 Å². The molecular formula is C63H102O6. The standard InChI is InChI=1S/C63H102O6/c1-4-7-10-13-16-19-22-25-28-31-34-37-40-43-46-49-52-55-61(64)67-58-60(69-63(66)57-54-51-48-45-42-39-36-33-30-27-24-21-18-15-12-9-6-3)59-68-62(65)56-53-50-47-44-41-38-35-32-29-26-23-20-17-14-11-8-5-2/h16-21,25-30,34-35,37-38,43-44,46-47,60H,4-15,22-24,31-33,36,39-42,45,48-59H2,1-3H3/b19-16-,20-17-,21-18-,28-25-,29-26-,30-27-,37-34-,38-35-,46-43-,47-44-. The number of carbonyl (C=O) groups is 3. The molecule has 0 atom stereocenters. The van der Waals surface area contributed by atoms with Gasteiger partial charge in [-0.1, -0.05) is 213 Å². The predicted octanol–water partition coefficient (Wildman–Crippen LogP) is 18.9. The van der Waals surface area contributed by atoms with Crippen LogP contribution in [0.4, 0.5) is 0 Å². The van der Waals surface area contributed by atoms with E-state index in [-0.39, 0.29) is 44.0 Å². The monoisotopic (exact) mass is 955 g/mol. The summed E-state index contributed by atoms with van der Waals surface area (Å²) in [5, 5.41) is 0. The number of carbonyl (C=O) groups excluding carboxylic acids is 3. The fraction of sp³-hybridized carbons (Fsp3) is 0.635. The topological polar surface area (TPSA) is 78.9 Å². The second kappa shape index (κ2) is 56.4. The molecule has 0 aromatic rings. The molecule has 0 rings (SSSR count). The second-order valence-electron chi connectivity index (χ2n) is 18.1. The summed E-state index contributed by atoms with van der Waals surface area (Å²) in [6, 6.07) is 0. The highest BCUT2D eigenvalue weighted by Gasteiger charge is 2.19. The summed E-state index contributed by atoms with van der Waals surface area (Å²) in [4.78, 5) is 38.1. The lowest BCUT2D eigenvalue weighted by molar-refractivity contribution is -0.167. The molecule has 0 aliphatic rings. The number of unbranched alkanes of at least 4 members (excludes halogenated alkanes) is 18. The minimum Gasteiger partial charge on any atom is -0.462 e. The van der Waals surface area contributed by atoms with Crippen LogP contribution in [0.5, 0.6) is 0 Å². The van der Waals surface area contributed by atoms with Gasteiger partial charge < -0.3 is 14.2 Å². The molecule has 0 N–H and O–H groups in total. The van der Waals surface area contributed by atoms with Crippen molar-refractivity contribution in [3.63, 3.8) is 0 Å². The van der Waals surface area contributed by atoms with Crippen molar-refractivity contribution in [3.8, 4) is 0 Å². The summed E-state index contributed by atoms with van der Waals surface area (Å²) in [5.41, 5.74) is 0. The predicted molar refractivity (Wildman–Crippen MR) is 297 cm³/mol. The molecule has 6 nitrogen and oxygen atoms in total. The van der Waals surface area contributed by atoms with Crippen molar-refractivity contribution >= 4 is 17.9 Å². The van der Waals surface area contributed by atoms with Gasteiger partial charge in [0.05, 0.1) is 0 Å². The van der Waals surface area contributed by atoms with Crippen LogP contribution in [0.25, 0.3) is 0 Å². The zero-order valence-electron chi connectivity index (χ0n) is 44.5. The highest BCUT2D eigenvalue weighted by Crippen LogP contribution is 2.13. The number of rotatable bonds is 49. The maximum absolute atomic E-state index is 12.8. The van der Waals surface area contributed by atoms with Gasteiger partial charge in [-0.2, -0.15) is 0 Å². The van der Waals surface area contributed by atoms with Crippen molar-refractivity contribution in [1.29, 1.82) is 0 Å². The number of ether oxygens (including phenoxy) is 3. The first-order valence-corrected chi connectivity index (χ1v) is 28.0.